The number of aliphatic imine (C=N–C) groups is 1. The first kappa shape index (κ1) is 24.7. The van der Waals surface area contributed by atoms with Crippen molar-refractivity contribution in [3.8, 4) is 5.88 Å². The monoisotopic (exact) mass is 551 g/mol. The van der Waals surface area contributed by atoms with Crippen LogP contribution in [-0.4, -0.2) is 42.3 Å². The third-order valence-electron chi connectivity index (χ3n) is 4.28. The highest BCUT2D eigenvalue weighted by Crippen LogP contribution is 2.19. The van der Waals surface area contributed by atoms with Crippen molar-refractivity contribution in [1.29, 1.82) is 0 Å². The number of hydrogen-bond acceptors (Lipinski definition) is 3. The highest BCUT2D eigenvalue weighted by atomic mass is 127. The Morgan fingerprint density at radius 1 is 1.19 bits per heavy atom. The Kier molecular flexibility index (Phi) is 8.89. The summed E-state index contributed by atoms with van der Waals surface area (Å²) in [4.78, 5) is 11.0. The van der Waals surface area contributed by atoms with Crippen molar-refractivity contribution in [2.75, 3.05) is 20.2 Å². The second kappa shape index (κ2) is 11.2. The number of benzene rings is 1. The van der Waals surface area contributed by atoms with E-state index in [0.29, 0.717) is 31.0 Å². The molecule has 1 aromatic carbocycles. The van der Waals surface area contributed by atoms with Crippen LogP contribution in [0, 0.1) is 5.82 Å². The zero-order valence-corrected chi connectivity index (χ0v) is 18.9. The molecule has 0 amide bonds. The van der Waals surface area contributed by atoms with E-state index in [0.717, 1.165) is 16.5 Å². The minimum atomic E-state index is -4.42. The number of pyridine rings is 1. The molecule has 0 bridgehead atoms. The molecule has 3 aromatic rings. The minimum Gasteiger partial charge on any atom is -0.468 e. The molecule has 3 N–H and O–H groups in total. The SMILES string of the molecule is CN=C(NCCc1c[nH]c2cc(F)ccc12)NCc1ccnc(OCC(F)(F)F)c1.I. The highest BCUT2D eigenvalue weighted by Gasteiger charge is 2.28. The molecule has 0 atom stereocenters. The minimum absolute atomic E-state index is 0. The van der Waals surface area contributed by atoms with Crippen LogP contribution in [0.1, 0.15) is 11.1 Å². The number of halogens is 5. The van der Waals surface area contributed by atoms with Gasteiger partial charge in [-0.25, -0.2) is 9.37 Å². The van der Waals surface area contributed by atoms with Gasteiger partial charge in [0.05, 0.1) is 0 Å². The lowest BCUT2D eigenvalue weighted by molar-refractivity contribution is -0.154. The Hall–Kier alpha value is -2.57. The van der Waals surface area contributed by atoms with Gasteiger partial charge in [-0.2, -0.15) is 13.2 Å². The summed E-state index contributed by atoms with van der Waals surface area (Å²) in [6.45, 7) is -0.474. The zero-order valence-electron chi connectivity index (χ0n) is 16.6. The van der Waals surface area contributed by atoms with E-state index in [2.05, 4.69) is 30.3 Å². The second-order valence-corrected chi connectivity index (χ2v) is 6.51. The molecule has 6 nitrogen and oxygen atoms in total. The first-order valence-electron chi connectivity index (χ1n) is 9.18. The molecule has 11 heteroatoms. The maximum absolute atomic E-state index is 13.3. The van der Waals surface area contributed by atoms with Gasteiger partial charge < -0.3 is 20.4 Å². The van der Waals surface area contributed by atoms with Gasteiger partial charge in [0.2, 0.25) is 5.88 Å². The lowest BCUT2D eigenvalue weighted by Crippen LogP contribution is -2.37. The molecule has 0 spiro atoms. The van der Waals surface area contributed by atoms with Crippen LogP contribution in [0.4, 0.5) is 17.6 Å². The van der Waals surface area contributed by atoms with E-state index in [1.165, 1.54) is 24.4 Å². The number of fused-ring (bicyclic) bond motifs is 1. The van der Waals surface area contributed by atoms with Crippen LogP contribution in [0.5, 0.6) is 5.88 Å². The third kappa shape index (κ3) is 7.56. The van der Waals surface area contributed by atoms with Crippen LogP contribution in [0.3, 0.4) is 0 Å². The van der Waals surface area contributed by atoms with Gasteiger partial charge in [0, 0.05) is 49.5 Å². The molecule has 0 radical (unpaired) electrons. The fraction of sp³-hybridized carbons (Fsp3) is 0.300. The predicted octanol–water partition coefficient (Wildman–Crippen LogP) is 4.17. The summed E-state index contributed by atoms with van der Waals surface area (Å²) in [6, 6.07) is 7.73. The number of ether oxygens (including phenoxy) is 1. The summed E-state index contributed by atoms with van der Waals surface area (Å²) in [6.07, 6.45) is -0.488. The number of aromatic amines is 1. The Labute approximate surface area is 193 Å². The lowest BCUT2D eigenvalue weighted by Gasteiger charge is -2.13. The quantitative estimate of drug-likeness (QED) is 0.179. The van der Waals surface area contributed by atoms with E-state index in [1.54, 1.807) is 19.2 Å². The van der Waals surface area contributed by atoms with Gasteiger partial charge in [-0.1, -0.05) is 0 Å². The molecule has 2 heterocycles. The number of hydrogen-bond donors (Lipinski definition) is 3. The molecule has 0 aliphatic heterocycles. The summed E-state index contributed by atoms with van der Waals surface area (Å²) < 4.78 is 54.7. The van der Waals surface area contributed by atoms with Gasteiger partial charge in [-0.15, -0.1) is 24.0 Å². The second-order valence-electron chi connectivity index (χ2n) is 6.51. The number of nitrogens with zero attached hydrogens (tertiary/aromatic N) is 2. The van der Waals surface area contributed by atoms with Crippen LogP contribution in [0.25, 0.3) is 10.9 Å². The summed E-state index contributed by atoms with van der Waals surface area (Å²) >= 11 is 0. The van der Waals surface area contributed by atoms with Gasteiger partial charge in [-0.3, -0.25) is 4.99 Å². The molecule has 3 rings (SSSR count). The van der Waals surface area contributed by atoms with E-state index in [-0.39, 0.29) is 35.7 Å². The first-order valence-corrected chi connectivity index (χ1v) is 9.18. The summed E-state index contributed by atoms with van der Waals surface area (Å²) in [5, 5.41) is 7.22. The molecule has 0 aliphatic rings. The summed E-state index contributed by atoms with van der Waals surface area (Å²) in [5.41, 5.74) is 2.49. The Balaban J connectivity index is 0.00000341. The third-order valence-corrected chi connectivity index (χ3v) is 4.28. The molecule has 0 fully saturated rings. The fourth-order valence-electron chi connectivity index (χ4n) is 2.88. The number of guanidine groups is 1. The normalized spacial score (nSPS) is 11.8. The van der Waals surface area contributed by atoms with Crippen LogP contribution >= 0.6 is 24.0 Å². The molecular formula is C20H22F4IN5O. The van der Waals surface area contributed by atoms with Crippen molar-refractivity contribution in [1.82, 2.24) is 20.6 Å². The van der Waals surface area contributed by atoms with E-state index in [1.807, 2.05) is 6.20 Å². The summed E-state index contributed by atoms with van der Waals surface area (Å²) in [5.74, 6) is 0.155. The number of aromatic nitrogens is 2. The van der Waals surface area contributed by atoms with Crippen molar-refractivity contribution in [2.45, 2.75) is 19.1 Å². The van der Waals surface area contributed by atoms with Crippen molar-refractivity contribution < 1.29 is 22.3 Å². The van der Waals surface area contributed by atoms with E-state index in [9.17, 15) is 17.6 Å². The van der Waals surface area contributed by atoms with Crippen LogP contribution in [0.2, 0.25) is 0 Å². The van der Waals surface area contributed by atoms with Gasteiger partial charge in [0.15, 0.2) is 12.6 Å². The van der Waals surface area contributed by atoms with Gasteiger partial charge in [0.1, 0.15) is 5.82 Å². The molecule has 0 aliphatic carbocycles. The van der Waals surface area contributed by atoms with Crippen molar-refractivity contribution in [3.05, 3.63) is 59.7 Å². The van der Waals surface area contributed by atoms with Crippen molar-refractivity contribution >= 4 is 40.8 Å². The smallest absolute Gasteiger partial charge is 0.422 e. The van der Waals surface area contributed by atoms with Crippen LogP contribution < -0.4 is 15.4 Å². The molecule has 0 saturated carbocycles. The number of H-pyrrole nitrogens is 1. The van der Waals surface area contributed by atoms with E-state index in [4.69, 9.17) is 0 Å². The van der Waals surface area contributed by atoms with Crippen LogP contribution in [-0.2, 0) is 13.0 Å². The van der Waals surface area contributed by atoms with Crippen molar-refractivity contribution in [3.63, 3.8) is 0 Å². The van der Waals surface area contributed by atoms with E-state index >= 15 is 0 Å². The van der Waals surface area contributed by atoms with Crippen LogP contribution in [0.15, 0.2) is 47.7 Å². The van der Waals surface area contributed by atoms with Gasteiger partial charge >= 0.3 is 6.18 Å². The largest absolute Gasteiger partial charge is 0.468 e. The van der Waals surface area contributed by atoms with Gasteiger partial charge in [-0.05, 0) is 41.8 Å². The van der Waals surface area contributed by atoms with E-state index < -0.39 is 12.8 Å². The van der Waals surface area contributed by atoms with Crippen molar-refractivity contribution in [2.24, 2.45) is 4.99 Å². The lowest BCUT2D eigenvalue weighted by atomic mass is 10.1. The Morgan fingerprint density at radius 3 is 2.74 bits per heavy atom. The molecule has 0 saturated heterocycles. The number of alkyl halides is 3. The standard InChI is InChI=1S/C20H21F4N5O.HI/c1-25-19(27-7-5-14-11-28-17-9-15(21)2-3-16(14)17)29-10-13-4-6-26-18(8-13)30-12-20(22,23)24;/h2-4,6,8-9,11,28H,5,7,10,12H2,1H3,(H2,25,27,29);1H. The fourth-order valence-corrected chi connectivity index (χ4v) is 2.88. The topological polar surface area (TPSA) is 74.3 Å². The first-order chi connectivity index (χ1) is 14.3. The average Bonchev–Trinajstić information content (AvgIpc) is 3.10. The molecule has 0 unspecified atom stereocenters. The zero-order chi connectivity index (χ0) is 21.6. The highest BCUT2D eigenvalue weighted by molar-refractivity contribution is 14.0. The van der Waals surface area contributed by atoms with Gasteiger partial charge in [0.25, 0.3) is 0 Å². The maximum Gasteiger partial charge on any atom is 0.422 e. The number of nitrogens with one attached hydrogen (secondary N) is 3. The maximum atomic E-state index is 13.3. The molecular weight excluding hydrogens is 529 g/mol. The summed E-state index contributed by atoms with van der Waals surface area (Å²) in [7, 11) is 1.62. The molecule has 31 heavy (non-hydrogen) atoms. The molecule has 2 aromatic heterocycles. The Morgan fingerprint density at radius 2 is 2.00 bits per heavy atom. The Bertz CT molecular complexity index is 1020. The average molecular weight is 551 g/mol. The molecule has 168 valence electrons. The number of rotatable bonds is 7. The predicted molar refractivity (Wildman–Crippen MR) is 121 cm³/mol.